The Hall–Kier alpha value is -1.88. The van der Waals surface area contributed by atoms with Gasteiger partial charge in [0.2, 0.25) is 0 Å². The van der Waals surface area contributed by atoms with E-state index in [9.17, 15) is 4.79 Å². The quantitative estimate of drug-likeness (QED) is 0.257. The number of hydrogen-bond acceptors (Lipinski definition) is 3. The number of amides is 1. The number of nitrogens with zero attached hydrogens (tertiary/aromatic N) is 4. The van der Waals surface area contributed by atoms with Crippen LogP contribution < -0.4 is 0 Å². The van der Waals surface area contributed by atoms with E-state index in [2.05, 4.69) is 68.0 Å². The van der Waals surface area contributed by atoms with Crippen molar-refractivity contribution in [2.75, 3.05) is 32.7 Å². The molecule has 1 amide bonds. The summed E-state index contributed by atoms with van der Waals surface area (Å²) >= 11 is 0. The fourth-order valence-corrected chi connectivity index (χ4v) is 5.18. The highest BCUT2D eigenvalue weighted by Crippen LogP contribution is 2.26. The Balaban J connectivity index is 1.80. The van der Waals surface area contributed by atoms with Crippen LogP contribution in [0.15, 0.2) is 18.2 Å². The number of piperidine rings is 1. The number of aryl methyl sites for hydroxylation is 1. The van der Waals surface area contributed by atoms with Crippen molar-refractivity contribution in [2.24, 2.45) is 11.8 Å². The summed E-state index contributed by atoms with van der Waals surface area (Å²) in [7, 11) is 0. The van der Waals surface area contributed by atoms with Gasteiger partial charge in [-0.3, -0.25) is 4.79 Å². The lowest BCUT2D eigenvalue weighted by atomic mass is 10.1. The van der Waals surface area contributed by atoms with Crippen LogP contribution >= 0.6 is 0 Å². The number of hydrogen-bond donors (Lipinski definition) is 0. The number of imidazole rings is 1. The Morgan fingerprint density at radius 1 is 0.944 bits per heavy atom. The van der Waals surface area contributed by atoms with Crippen LogP contribution in [0, 0.1) is 11.8 Å². The summed E-state index contributed by atoms with van der Waals surface area (Å²) in [6.07, 6.45) is 9.62. The monoisotopic (exact) mass is 496 g/mol. The Morgan fingerprint density at radius 2 is 1.58 bits per heavy atom. The Kier molecular flexibility index (Phi) is 11.3. The molecule has 1 aliphatic rings. The molecule has 202 valence electrons. The number of benzene rings is 1. The minimum Gasteiger partial charge on any atom is -0.339 e. The zero-order valence-electron chi connectivity index (χ0n) is 24.1. The second-order valence-electron chi connectivity index (χ2n) is 11.9. The molecular weight excluding hydrogens is 444 g/mol. The lowest BCUT2D eigenvalue weighted by Crippen LogP contribution is -2.34. The van der Waals surface area contributed by atoms with Gasteiger partial charge >= 0.3 is 0 Å². The third kappa shape index (κ3) is 8.06. The summed E-state index contributed by atoms with van der Waals surface area (Å²) < 4.78 is 2.42. The van der Waals surface area contributed by atoms with Gasteiger partial charge in [0.1, 0.15) is 5.82 Å². The second-order valence-corrected chi connectivity index (χ2v) is 11.9. The molecule has 0 spiro atoms. The first-order valence-electron chi connectivity index (χ1n) is 14.8. The largest absolute Gasteiger partial charge is 0.339 e. The SMILES string of the molecule is CCC(C)c1nc2ccc(C(=O)N(CCC(C)C)CCC(C)C)cc2n1CCCCN1CCCCC1. The van der Waals surface area contributed by atoms with Gasteiger partial charge in [0.05, 0.1) is 11.0 Å². The van der Waals surface area contributed by atoms with Gasteiger partial charge in [-0.25, -0.2) is 4.98 Å². The van der Waals surface area contributed by atoms with E-state index in [4.69, 9.17) is 4.98 Å². The molecule has 2 heterocycles. The molecule has 0 saturated carbocycles. The van der Waals surface area contributed by atoms with E-state index in [1.54, 1.807) is 0 Å². The molecule has 0 bridgehead atoms. The summed E-state index contributed by atoms with van der Waals surface area (Å²) in [4.78, 5) is 23.4. The van der Waals surface area contributed by atoms with Gasteiger partial charge in [-0.1, -0.05) is 48.0 Å². The van der Waals surface area contributed by atoms with Crippen LogP contribution in [0.2, 0.25) is 0 Å². The highest BCUT2D eigenvalue weighted by molar-refractivity contribution is 5.97. The highest BCUT2D eigenvalue weighted by Gasteiger charge is 2.20. The number of aromatic nitrogens is 2. The van der Waals surface area contributed by atoms with Crippen LogP contribution in [-0.2, 0) is 6.54 Å². The summed E-state index contributed by atoms with van der Waals surface area (Å²) in [6, 6.07) is 6.19. The maximum absolute atomic E-state index is 13.6. The van der Waals surface area contributed by atoms with Gasteiger partial charge in [0.15, 0.2) is 0 Å². The average molecular weight is 497 g/mol. The second kappa shape index (κ2) is 14.2. The van der Waals surface area contributed by atoms with Gasteiger partial charge in [-0.2, -0.15) is 0 Å². The number of fused-ring (bicyclic) bond motifs is 1. The summed E-state index contributed by atoms with van der Waals surface area (Å²) in [5.74, 6) is 2.93. The molecule has 1 aromatic heterocycles. The van der Waals surface area contributed by atoms with Crippen molar-refractivity contribution >= 4 is 16.9 Å². The third-order valence-corrected chi connectivity index (χ3v) is 7.87. The zero-order valence-corrected chi connectivity index (χ0v) is 24.1. The van der Waals surface area contributed by atoms with E-state index in [0.717, 1.165) is 61.9 Å². The molecule has 1 fully saturated rings. The molecule has 0 aliphatic carbocycles. The van der Waals surface area contributed by atoms with Crippen molar-refractivity contribution in [2.45, 2.75) is 105 Å². The molecular formula is C31H52N4O. The summed E-state index contributed by atoms with van der Waals surface area (Å²) in [6.45, 7) is 19.8. The maximum Gasteiger partial charge on any atom is 0.253 e. The first-order chi connectivity index (χ1) is 17.3. The molecule has 5 nitrogen and oxygen atoms in total. The van der Waals surface area contributed by atoms with Gasteiger partial charge in [-0.05, 0) is 94.6 Å². The predicted octanol–water partition coefficient (Wildman–Crippen LogP) is 7.35. The molecule has 36 heavy (non-hydrogen) atoms. The Morgan fingerprint density at radius 3 is 2.19 bits per heavy atom. The number of carbonyl (C=O) groups excluding carboxylic acids is 1. The van der Waals surface area contributed by atoms with Crippen molar-refractivity contribution in [3.8, 4) is 0 Å². The smallest absolute Gasteiger partial charge is 0.253 e. The first-order valence-corrected chi connectivity index (χ1v) is 14.8. The first kappa shape index (κ1) is 28.7. The predicted molar refractivity (Wildman–Crippen MR) is 153 cm³/mol. The molecule has 0 radical (unpaired) electrons. The minimum absolute atomic E-state index is 0.168. The lowest BCUT2D eigenvalue weighted by Gasteiger charge is -2.26. The third-order valence-electron chi connectivity index (χ3n) is 7.87. The van der Waals surface area contributed by atoms with E-state index in [1.165, 1.54) is 51.1 Å². The maximum atomic E-state index is 13.6. The van der Waals surface area contributed by atoms with Crippen LogP contribution in [0.5, 0.6) is 0 Å². The highest BCUT2D eigenvalue weighted by atomic mass is 16.2. The van der Waals surface area contributed by atoms with Crippen molar-refractivity contribution in [1.29, 1.82) is 0 Å². The molecule has 1 aromatic carbocycles. The lowest BCUT2D eigenvalue weighted by molar-refractivity contribution is 0.0741. The van der Waals surface area contributed by atoms with E-state index in [1.807, 2.05) is 6.07 Å². The number of rotatable bonds is 14. The standard InChI is InChI=1S/C31H52N4O/c1-7-26(6)30-32-28-14-13-27(31(36)34(21-15-24(2)3)22-16-25(4)5)23-29(28)35(30)20-12-11-19-33-17-9-8-10-18-33/h13-14,23-26H,7-12,15-22H2,1-6H3. The summed E-state index contributed by atoms with van der Waals surface area (Å²) in [5.41, 5.74) is 2.95. The van der Waals surface area contributed by atoms with Gasteiger partial charge in [0.25, 0.3) is 5.91 Å². The van der Waals surface area contributed by atoms with Crippen molar-refractivity contribution < 1.29 is 4.79 Å². The number of likely N-dealkylation sites (tertiary alicyclic amines) is 1. The van der Waals surface area contributed by atoms with Gasteiger partial charge < -0.3 is 14.4 Å². The van der Waals surface area contributed by atoms with Crippen LogP contribution in [0.3, 0.4) is 0 Å². The van der Waals surface area contributed by atoms with E-state index >= 15 is 0 Å². The van der Waals surface area contributed by atoms with E-state index in [0.29, 0.717) is 17.8 Å². The Bertz CT molecular complexity index is 929. The number of unbranched alkanes of at least 4 members (excludes halogenated alkanes) is 1. The fraction of sp³-hybridized carbons (Fsp3) is 0.742. The van der Waals surface area contributed by atoms with Crippen molar-refractivity contribution in [3.05, 3.63) is 29.6 Å². The molecule has 1 saturated heterocycles. The Labute approximate surface area is 220 Å². The molecule has 1 atom stereocenters. The van der Waals surface area contributed by atoms with Crippen LogP contribution in [-0.4, -0.2) is 58.0 Å². The van der Waals surface area contributed by atoms with Gasteiger partial charge in [-0.15, -0.1) is 0 Å². The van der Waals surface area contributed by atoms with E-state index in [-0.39, 0.29) is 5.91 Å². The molecule has 1 aliphatic heterocycles. The van der Waals surface area contributed by atoms with Crippen LogP contribution in [0.25, 0.3) is 11.0 Å². The molecule has 2 aromatic rings. The molecule has 3 rings (SSSR count). The van der Waals surface area contributed by atoms with Gasteiger partial charge in [0, 0.05) is 31.1 Å². The fourth-order valence-electron chi connectivity index (χ4n) is 5.18. The minimum atomic E-state index is 0.168. The van der Waals surface area contributed by atoms with E-state index < -0.39 is 0 Å². The van der Waals surface area contributed by atoms with Crippen molar-refractivity contribution in [1.82, 2.24) is 19.4 Å². The summed E-state index contributed by atoms with van der Waals surface area (Å²) in [5, 5.41) is 0. The van der Waals surface area contributed by atoms with Crippen LogP contribution in [0.1, 0.15) is 115 Å². The van der Waals surface area contributed by atoms with Crippen molar-refractivity contribution in [3.63, 3.8) is 0 Å². The topological polar surface area (TPSA) is 41.4 Å². The average Bonchev–Trinajstić information content (AvgIpc) is 3.23. The number of carbonyl (C=O) groups is 1. The molecule has 1 unspecified atom stereocenters. The van der Waals surface area contributed by atoms with Crippen LogP contribution in [0.4, 0.5) is 0 Å². The molecule has 5 heteroatoms. The normalized spacial score (nSPS) is 15.8. The molecule has 0 N–H and O–H groups in total. The zero-order chi connectivity index (χ0) is 26.1.